The summed E-state index contributed by atoms with van der Waals surface area (Å²) < 4.78 is 13.6. The molecular weight excluding hydrogens is 241 g/mol. The van der Waals surface area contributed by atoms with Crippen molar-refractivity contribution in [1.29, 1.82) is 0 Å². The molecule has 90 valence electrons. The first-order valence-corrected chi connectivity index (χ1v) is 5.66. The van der Waals surface area contributed by atoms with Crippen LogP contribution in [0, 0.1) is 12.7 Å². The minimum Gasteiger partial charge on any atom is -0.348 e. The second-order valence-corrected chi connectivity index (χ2v) is 4.29. The lowest BCUT2D eigenvalue weighted by Gasteiger charge is -2.15. The minimum absolute atomic E-state index is 0.215. The van der Waals surface area contributed by atoms with Crippen molar-refractivity contribution in [1.82, 2.24) is 9.97 Å². The maximum absolute atomic E-state index is 13.6. The van der Waals surface area contributed by atoms with Crippen molar-refractivity contribution in [3.05, 3.63) is 52.3 Å². The molecule has 0 bridgehead atoms. The summed E-state index contributed by atoms with van der Waals surface area (Å²) in [6.45, 7) is 1.99. The molecule has 0 aliphatic carbocycles. The monoisotopic (exact) mass is 253 g/mol. The van der Waals surface area contributed by atoms with Crippen LogP contribution in [0.2, 0.25) is 5.02 Å². The van der Waals surface area contributed by atoms with E-state index in [1.165, 1.54) is 6.07 Å². The number of nitrogens with one attached hydrogen (secondary N) is 1. The zero-order chi connectivity index (χ0) is 12.4. The fourth-order valence-electron chi connectivity index (χ4n) is 1.78. The standard InChI is InChI=1S/C12H13ClFN3/c1-7-4-10(13)8(5-11(7)14)9(6-15)12-16-2-3-17-12/h2-5,9H,6,15H2,1H3,(H,16,17). The molecule has 0 saturated heterocycles. The first-order chi connectivity index (χ1) is 8.13. The first kappa shape index (κ1) is 12.1. The fourth-order valence-corrected chi connectivity index (χ4v) is 2.13. The summed E-state index contributed by atoms with van der Waals surface area (Å²) in [6.07, 6.45) is 3.34. The van der Waals surface area contributed by atoms with Gasteiger partial charge in [-0.15, -0.1) is 0 Å². The molecule has 0 aliphatic heterocycles. The summed E-state index contributed by atoms with van der Waals surface area (Å²) in [7, 11) is 0. The molecular formula is C12H13ClFN3. The van der Waals surface area contributed by atoms with Crippen LogP contribution in [0.25, 0.3) is 0 Å². The maximum atomic E-state index is 13.6. The Labute approximate surface area is 104 Å². The van der Waals surface area contributed by atoms with Crippen molar-refractivity contribution in [2.24, 2.45) is 5.73 Å². The number of imidazole rings is 1. The quantitative estimate of drug-likeness (QED) is 0.883. The van der Waals surface area contributed by atoms with Gasteiger partial charge in [0.2, 0.25) is 0 Å². The number of aromatic amines is 1. The van der Waals surface area contributed by atoms with Crippen molar-refractivity contribution in [3.63, 3.8) is 0 Å². The molecule has 0 amide bonds. The van der Waals surface area contributed by atoms with Crippen molar-refractivity contribution in [3.8, 4) is 0 Å². The van der Waals surface area contributed by atoms with E-state index in [9.17, 15) is 4.39 Å². The maximum Gasteiger partial charge on any atom is 0.126 e. The van der Waals surface area contributed by atoms with E-state index in [0.29, 0.717) is 28.5 Å². The second kappa shape index (κ2) is 4.85. The minimum atomic E-state index is -0.283. The van der Waals surface area contributed by atoms with Crippen LogP contribution in [0.3, 0.4) is 0 Å². The molecule has 3 N–H and O–H groups in total. The van der Waals surface area contributed by atoms with Gasteiger partial charge >= 0.3 is 0 Å². The van der Waals surface area contributed by atoms with Crippen molar-refractivity contribution >= 4 is 11.6 Å². The average Bonchev–Trinajstić information content (AvgIpc) is 2.80. The van der Waals surface area contributed by atoms with Gasteiger partial charge < -0.3 is 10.7 Å². The molecule has 5 heteroatoms. The molecule has 0 aliphatic rings. The molecule has 2 rings (SSSR count). The highest BCUT2D eigenvalue weighted by molar-refractivity contribution is 6.31. The van der Waals surface area contributed by atoms with Gasteiger partial charge in [0.25, 0.3) is 0 Å². The van der Waals surface area contributed by atoms with Crippen molar-refractivity contribution < 1.29 is 4.39 Å². The number of rotatable bonds is 3. The molecule has 1 aromatic heterocycles. The van der Waals surface area contributed by atoms with Crippen LogP contribution in [0.15, 0.2) is 24.5 Å². The van der Waals surface area contributed by atoms with Crippen LogP contribution in [-0.4, -0.2) is 16.5 Å². The third-order valence-corrected chi connectivity index (χ3v) is 3.07. The van der Waals surface area contributed by atoms with Crippen LogP contribution < -0.4 is 5.73 Å². The summed E-state index contributed by atoms with van der Waals surface area (Å²) >= 11 is 6.13. The van der Waals surface area contributed by atoms with Gasteiger partial charge in [-0.2, -0.15) is 0 Å². The Balaban J connectivity index is 2.48. The van der Waals surface area contributed by atoms with E-state index in [1.807, 2.05) is 0 Å². The Morgan fingerprint density at radius 1 is 1.53 bits per heavy atom. The number of benzene rings is 1. The summed E-state index contributed by atoms with van der Waals surface area (Å²) in [4.78, 5) is 7.12. The van der Waals surface area contributed by atoms with Crippen LogP contribution in [0.5, 0.6) is 0 Å². The smallest absolute Gasteiger partial charge is 0.126 e. The van der Waals surface area contributed by atoms with Crippen molar-refractivity contribution in [2.45, 2.75) is 12.8 Å². The largest absolute Gasteiger partial charge is 0.348 e. The summed E-state index contributed by atoms with van der Waals surface area (Å²) in [5, 5.41) is 0.510. The normalized spacial score (nSPS) is 12.7. The Hall–Kier alpha value is -1.39. The fraction of sp³-hybridized carbons (Fsp3) is 0.250. The first-order valence-electron chi connectivity index (χ1n) is 5.28. The molecule has 0 saturated carbocycles. The molecule has 0 radical (unpaired) electrons. The molecule has 1 unspecified atom stereocenters. The van der Waals surface area contributed by atoms with Gasteiger partial charge in [0.15, 0.2) is 0 Å². The Bertz CT molecular complexity index is 511. The van der Waals surface area contributed by atoms with E-state index >= 15 is 0 Å². The zero-order valence-electron chi connectivity index (χ0n) is 9.37. The number of aromatic nitrogens is 2. The molecule has 1 aromatic carbocycles. The molecule has 1 heterocycles. The van der Waals surface area contributed by atoms with Gasteiger partial charge in [-0.05, 0) is 30.2 Å². The number of halogens is 2. The lowest BCUT2D eigenvalue weighted by molar-refractivity contribution is 0.613. The van der Waals surface area contributed by atoms with Gasteiger partial charge in [0, 0.05) is 24.0 Å². The van der Waals surface area contributed by atoms with E-state index in [2.05, 4.69) is 9.97 Å². The van der Waals surface area contributed by atoms with E-state index in [-0.39, 0.29) is 11.7 Å². The van der Waals surface area contributed by atoms with Crippen LogP contribution in [-0.2, 0) is 0 Å². The highest BCUT2D eigenvalue weighted by atomic mass is 35.5. The predicted molar refractivity (Wildman–Crippen MR) is 65.6 cm³/mol. The van der Waals surface area contributed by atoms with E-state index < -0.39 is 0 Å². The average molecular weight is 254 g/mol. The second-order valence-electron chi connectivity index (χ2n) is 3.89. The zero-order valence-corrected chi connectivity index (χ0v) is 10.1. The van der Waals surface area contributed by atoms with Crippen LogP contribution in [0.1, 0.15) is 22.9 Å². The highest BCUT2D eigenvalue weighted by Gasteiger charge is 2.19. The lowest BCUT2D eigenvalue weighted by Crippen LogP contribution is -2.16. The number of hydrogen-bond acceptors (Lipinski definition) is 2. The molecule has 17 heavy (non-hydrogen) atoms. The van der Waals surface area contributed by atoms with Gasteiger partial charge in [0.05, 0.1) is 5.92 Å². The molecule has 1 atom stereocenters. The van der Waals surface area contributed by atoms with Gasteiger partial charge in [-0.25, -0.2) is 9.37 Å². The lowest BCUT2D eigenvalue weighted by atomic mass is 9.97. The highest BCUT2D eigenvalue weighted by Crippen LogP contribution is 2.29. The SMILES string of the molecule is Cc1cc(Cl)c(C(CN)c2ncc[nH]2)cc1F. The number of H-pyrrole nitrogens is 1. The number of hydrogen-bond donors (Lipinski definition) is 2. The molecule has 2 aromatic rings. The van der Waals surface area contributed by atoms with E-state index in [4.69, 9.17) is 17.3 Å². The molecule has 0 fully saturated rings. The number of aryl methyl sites for hydroxylation is 1. The summed E-state index contributed by atoms with van der Waals surface area (Å²) in [5.74, 6) is 0.194. The molecule has 3 nitrogen and oxygen atoms in total. The third kappa shape index (κ3) is 2.33. The third-order valence-electron chi connectivity index (χ3n) is 2.74. The number of nitrogens with two attached hydrogens (primary N) is 1. The topological polar surface area (TPSA) is 54.7 Å². The Kier molecular flexibility index (Phi) is 3.45. The summed E-state index contributed by atoms with van der Waals surface area (Å²) in [5.41, 5.74) is 6.89. The Morgan fingerprint density at radius 3 is 2.88 bits per heavy atom. The van der Waals surface area contributed by atoms with E-state index in [1.54, 1.807) is 25.4 Å². The van der Waals surface area contributed by atoms with Crippen LogP contribution >= 0.6 is 11.6 Å². The number of nitrogens with zero attached hydrogens (tertiary/aromatic N) is 1. The van der Waals surface area contributed by atoms with Gasteiger partial charge in [-0.1, -0.05) is 11.6 Å². The van der Waals surface area contributed by atoms with Gasteiger partial charge in [0.1, 0.15) is 11.6 Å². The molecule has 0 spiro atoms. The van der Waals surface area contributed by atoms with E-state index in [0.717, 1.165) is 0 Å². The predicted octanol–water partition coefficient (Wildman–Crippen LogP) is 2.60. The summed E-state index contributed by atoms with van der Waals surface area (Å²) in [6, 6.07) is 3.04. The Morgan fingerprint density at radius 2 is 2.29 bits per heavy atom. The van der Waals surface area contributed by atoms with Crippen LogP contribution in [0.4, 0.5) is 4.39 Å². The van der Waals surface area contributed by atoms with Gasteiger partial charge in [-0.3, -0.25) is 0 Å². The van der Waals surface area contributed by atoms with Crippen molar-refractivity contribution in [2.75, 3.05) is 6.54 Å².